The van der Waals surface area contributed by atoms with Crippen LogP contribution < -0.4 is 22.8 Å². The van der Waals surface area contributed by atoms with Gasteiger partial charge in [-0.2, -0.15) is 0 Å². The molecule has 0 aliphatic carbocycles. The fraction of sp³-hybridized carbons (Fsp3) is 0.292. The minimum absolute atomic E-state index is 0.00507. The molecule has 0 N–H and O–H groups in total. The number of furan rings is 5. The second-order valence-corrected chi connectivity index (χ2v) is 36.3. The number of rotatable bonds is 10. The highest BCUT2D eigenvalue weighted by molar-refractivity contribution is 6.13. The van der Waals surface area contributed by atoms with E-state index >= 15 is 0 Å². The van der Waals surface area contributed by atoms with Crippen LogP contribution in [0, 0.1) is 80.5 Å². The number of hydrogen-bond donors (Lipinski definition) is 0. The summed E-state index contributed by atoms with van der Waals surface area (Å²) in [6.45, 7) is 28.2. The standard InChI is InChI=1S/C24H27N2O.2C23H25N2O.C22H23N2O.C21H21N2O/c1-15-11-12-26(6)20(13-15)21-16(2)7-9-18-19-10-8-17(14-24(3,4)5)25-23(19)27-22(18)21;1-14-11-12-25(6)18(13-14)20-15(2)7-8-16-17-9-10-19(23(3,4)5)24-22(17)26-21(16)20;1-14(2)12-17-7-9-19-18-8-6-16(4)21(22(18)26-23(19)24-17)20-13-15(3)10-11-25(20)5;1-13(2)18-9-8-17-16-7-6-15(4)20(21(16)25-22(17)23-18)19-12-14(3)10-11-24(19)5;1-5-15-7-9-17-16-8-6-14(3)19(20(16)24-21(17)22-15)18-12-13(2)10-11-23(18)4/h7-13H,14H2,1-6H3;7-13H,1-6H3;6-11,13-14H,12H2,1-5H3;6-13H,1-5H3;6-12H,5H2,1-4H3/q5*+1/i3D3,4D3;;1D3,14D;13D;. The fourth-order valence-electron chi connectivity index (χ4n) is 17.1. The van der Waals surface area contributed by atoms with Crippen molar-refractivity contribution in [1.29, 1.82) is 0 Å². The van der Waals surface area contributed by atoms with Gasteiger partial charge in [0.2, 0.25) is 57.0 Å². The Balaban J connectivity index is 0.000000126. The Hall–Kier alpha value is -13.4. The summed E-state index contributed by atoms with van der Waals surface area (Å²) in [6, 6.07) is 62.0. The SMILES string of the molecule is CCc1ccc2c(n1)oc1c(-c3cc(C)cc[n+]3C)c(C)ccc12.Cc1cc[n+](C)c(-c2c(C)ccc3c2oc2nc(C(C)(C)C)ccc23)c1.[2H]C(C)(C)c1ccc2c(n1)oc1c(-c3cc(C)cc[n+]3C)c(C)ccc12.[2H]C([2H])([2H])C(C)(Cc1ccc2c(n1)oc1c(-c3cc(C)cc[n+]3C)c(C)ccc12)C([2H])([2H])[2H].[2H]C([2H])([2H])C([2H])(C)Cc1ccc2c(n1)oc1c(-c3cc(C)cc[n+]3C)c(C)ccc12. The van der Waals surface area contributed by atoms with Gasteiger partial charge >= 0.3 is 0 Å². The molecule has 0 saturated heterocycles. The molecule has 0 radical (unpaired) electrons. The van der Waals surface area contributed by atoms with Crippen molar-refractivity contribution in [2.45, 2.75) is 176 Å². The highest BCUT2D eigenvalue weighted by atomic mass is 16.4. The third-order valence-corrected chi connectivity index (χ3v) is 24.2. The lowest BCUT2D eigenvalue weighted by Gasteiger charge is -2.16. The smallest absolute Gasteiger partial charge is 0.227 e. The predicted molar refractivity (Wildman–Crippen MR) is 522 cm³/mol. The third-order valence-electron chi connectivity index (χ3n) is 24.2. The van der Waals surface area contributed by atoms with E-state index in [1.165, 1.54) is 47.2 Å². The quantitative estimate of drug-likeness (QED) is 0.121. The average Bonchev–Trinajstić information content (AvgIpc) is 1.62. The number of fused-ring (bicyclic) bond motifs is 15. The van der Waals surface area contributed by atoms with Crippen LogP contribution in [0.4, 0.5) is 0 Å². The lowest BCUT2D eigenvalue weighted by Crippen LogP contribution is -2.30. The van der Waals surface area contributed by atoms with Gasteiger partial charge in [0.25, 0.3) is 0 Å². The maximum Gasteiger partial charge on any atom is 0.227 e. The second-order valence-electron chi connectivity index (χ2n) is 36.3. The van der Waals surface area contributed by atoms with E-state index in [0.29, 0.717) is 39.8 Å². The molecule has 5 aromatic carbocycles. The van der Waals surface area contributed by atoms with Gasteiger partial charge in [-0.25, -0.2) is 47.8 Å². The summed E-state index contributed by atoms with van der Waals surface area (Å²) in [6.07, 6.45) is 11.0. The summed E-state index contributed by atoms with van der Waals surface area (Å²) in [7, 11) is 10.2. The molecule has 648 valence electrons. The lowest BCUT2D eigenvalue weighted by molar-refractivity contribution is -0.660. The van der Waals surface area contributed by atoms with E-state index in [0.717, 1.165) is 184 Å². The topological polar surface area (TPSA) is 150 Å². The van der Waals surface area contributed by atoms with Crippen LogP contribution in [-0.2, 0) is 59.9 Å². The van der Waals surface area contributed by atoms with E-state index in [-0.39, 0.29) is 18.3 Å². The molecule has 0 bridgehead atoms. The number of benzene rings is 5. The largest absolute Gasteiger partial charge is 0.437 e. The molecular formula is C113H121N10O5+5. The average molecular weight is 1710 g/mol. The van der Waals surface area contributed by atoms with Crippen LogP contribution in [0.3, 0.4) is 0 Å². The molecule has 1 atom stereocenters. The van der Waals surface area contributed by atoms with Crippen molar-refractivity contribution in [1.82, 2.24) is 24.9 Å². The normalized spacial score (nSPS) is 14.0. The van der Waals surface area contributed by atoms with Crippen molar-refractivity contribution in [3.05, 3.63) is 297 Å². The first kappa shape index (κ1) is 74.8. The Kier molecular flexibility index (Phi) is 20.5. The van der Waals surface area contributed by atoms with Gasteiger partial charge in [0.15, 0.2) is 58.9 Å². The molecule has 20 aromatic rings. The van der Waals surface area contributed by atoms with E-state index in [2.05, 4.69) is 282 Å². The number of nitrogens with zero attached hydrogens (tertiary/aromatic N) is 10. The van der Waals surface area contributed by atoms with E-state index < -0.39 is 37.8 Å². The Bertz CT molecular complexity index is 8040. The molecule has 1 unspecified atom stereocenters. The molecular weight excluding hydrogens is 1580 g/mol. The van der Waals surface area contributed by atoms with Crippen LogP contribution in [0.5, 0.6) is 0 Å². The zero-order valence-corrected chi connectivity index (χ0v) is 77.8. The van der Waals surface area contributed by atoms with Crippen molar-refractivity contribution in [2.24, 2.45) is 46.5 Å². The van der Waals surface area contributed by atoms with Crippen molar-refractivity contribution in [3.8, 4) is 56.3 Å². The molecule has 20 rings (SSSR count). The highest BCUT2D eigenvalue weighted by Gasteiger charge is 2.29. The summed E-state index contributed by atoms with van der Waals surface area (Å²) in [5.74, 6) is -2.37. The van der Waals surface area contributed by atoms with Crippen LogP contribution in [0.2, 0.25) is 0 Å². The zero-order chi connectivity index (χ0) is 100. The Morgan fingerprint density at radius 3 is 0.906 bits per heavy atom. The van der Waals surface area contributed by atoms with Gasteiger partial charge in [0.05, 0.1) is 27.8 Å². The van der Waals surface area contributed by atoms with Gasteiger partial charge in [0.1, 0.15) is 35.2 Å². The molecule has 0 fully saturated rings. The van der Waals surface area contributed by atoms with Gasteiger partial charge in [-0.3, -0.25) is 0 Å². The highest BCUT2D eigenvalue weighted by Crippen LogP contribution is 2.44. The van der Waals surface area contributed by atoms with Gasteiger partial charge in [0, 0.05) is 163 Å². The summed E-state index contributed by atoms with van der Waals surface area (Å²) in [4.78, 5) is 23.2. The van der Waals surface area contributed by atoms with Crippen LogP contribution in [-0.4, -0.2) is 24.9 Å². The fourth-order valence-corrected chi connectivity index (χ4v) is 17.1. The summed E-state index contributed by atoms with van der Waals surface area (Å²) < 4.78 is 128. The maximum atomic E-state index is 8.24. The summed E-state index contributed by atoms with van der Waals surface area (Å²) in [5, 5.41) is 10.0. The molecule has 0 spiro atoms. The van der Waals surface area contributed by atoms with Gasteiger partial charge in [-0.15, -0.1) is 0 Å². The molecule has 15 heterocycles. The molecule has 0 saturated carbocycles. The number of hydrogen-bond acceptors (Lipinski definition) is 10. The summed E-state index contributed by atoms with van der Waals surface area (Å²) >= 11 is 0. The molecule has 0 aliphatic rings. The summed E-state index contributed by atoms with van der Waals surface area (Å²) in [5.41, 5.74) is 31.4. The molecule has 0 aliphatic heterocycles. The van der Waals surface area contributed by atoms with Gasteiger partial charge < -0.3 is 22.1 Å². The first-order chi connectivity index (χ1) is 65.3. The molecule has 128 heavy (non-hydrogen) atoms. The van der Waals surface area contributed by atoms with E-state index in [9.17, 15) is 0 Å². The van der Waals surface area contributed by atoms with Crippen molar-refractivity contribution in [3.63, 3.8) is 0 Å². The van der Waals surface area contributed by atoms with E-state index in [1.54, 1.807) is 12.1 Å². The van der Waals surface area contributed by atoms with Crippen LogP contribution >= 0.6 is 0 Å². The van der Waals surface area contributed by atoms with Crippen LogP contribution in [0.15, 0.2) is 235 Å². The second kappa shape index (κ2) is 35.1. The zero-order valence-electron chi connectivity index (χ0n) is 88.8. The first-order valence-electron chi connectivity index (χ1n) is 49.3. The predicted octanol–water partition coefficient (Wildman–Crippen LogP) is 26.2. The monoisotopic (exact) mass is 1710 g/mol. The van der Waals surface area contributed by atoms with Gasteiger partial charge in [-0.1, -0.05) is 137 Å². The Labute approximate surface area is 767 Å². The molecule has 15 nitrogen and oxygen atoms in total. The molecule has 15 aromatic heterocycles. The van der Waals surface area contributed by atoms with Crippen molar-refractivity contribution < 1.29 is 60.0 Å². The number of pyridine rings is 10. The van der Waals surface area contributed by atoms with E-state index in [1.807, 2.05) is 107 Å². The third kappa shape index (κ3) is 17.6. The number of aromatic nitrogens is 10. The van der Waals surface area contributed by atoms with Crippen molar-refractivity contribution in [2.75, 3.05) is 0 Å². The minimum atomic E-state index is -2.67. The van der Waals surface area contributed by atoms with Crippen LogP contribution in [0.1, 0.15) is 181 Å². The van der Waals surface area contributed by atoms with E-state index in [4.69, 9.17) is 42.1 Å². The first-order valence-corrected chi connectivity index (χ1v) is 43.8. The lowest BCUT2D eigenvalue weighted by atomic mass is 9.90. The molecule has 0 amide bonds. The maximum absolute atomic E-state index is 8.24. The minimum Gasteiger partial charge on any atom is -0.437 e. The number of aryl methyl sites for hydroxylation is 16. The Morgan fingerprint density at radius 2 is 0.602 bits per heavy atom. The molecule has 15 heteroatoms. The van der Waals surface area contributed by atoms with Crippen LogP contribution in [0.25, 0.3) is 167 Å². The van der Waals surface area contributed by atoms with Crippen molar-refractivity contribution >= 4 is 110 Å². The van der Waals surface area contributed by atoms with Gasteiger partial charge in [-0.05, 0) is 222 Å². The Morgan fingerprint density at radius 1 is 0.328 bits per heavy atom.